The minimum Gasteiger partial charge on any atom is -0.466 e. The molecular weight excluding hydrogens is 256 g/mol. The number of hydrogen-bond donors (Lipinski definition) is 1. The molecular formula is C12H16O7. The van der Waals surface area contributed by atoms with E-state index in [0.717, 1.165) is 19.3 Å². The van der Waals surface area contributed by atoms with Gasteiger partial charge >= 0.3 is 17.9 Å². The van der Waals surface area contributed by atoms with Crippen molar-refractivity contribution < 1.29 is 33.7 Å². The first-order chi connectivity index (χ1) is 8.86. The molecule has 7 heteroatoms. The third kappa shape index (κ3) is 8.56. The minimum absolute atomic E-state index is 0.199. The number of aliphatic hydroxyl groups excluding tert-OH is 1. The molecule has 0 aromatic rings. The van der Waals surface area contributed by atoms with E-state index in [0.29, 0.717) is 0 Å². The van der Waals surface area contributed by atoms with Crippen LogP contribution in [0.25, 0.3) is 0 Å². The molecule has 0 amide bonds. The van der Waals surface area contributed by atoms with Gasteiger partial charge in [0, 0.05) is 17.7 Å². The summed E-state index contributed by atoms with van der Waals surface area (Å²) in [4.78, 5) is 32.7. The number of aliphatic hydroxyl groups is 1. The lowest BCUT2D eigenvalue weighted by Crippen LogP contribution is -2.25. The van der Waals surface area contributed by atoms with E-state index in [2.05, 4.69) is 20.8 Å². The van der Waals surface area contributed by atoms with Crippen LogP contribution in [-0.4, -0.2) is 49.4 Å². The number of rotatable bonds is 7. The Morgan fingerprint density at radius 1 is 1.16 bits per heavy atom. The Morgan fingerprint density at radius 2 is 1.68 bits per heavy atom. The molecule has 0 saturated carbocycles. The van der Waals surface area contributed by atoms with E-state index in [-0.39, 0.29) is 18.8 Å². The van der Waals surface area contributed by atoms with Crippen molar-refractivity contribution in [3.63, 3.8) is 0 Å². The van der Waals surface area contributed by atoms with Crippen molar-refractivity contribution in [2.45, 2.75) is 13.0 Å². The topological polar surface area (TPSA) is 99.1 Å². The second kappa shape index (κ2) is 8.87. The van der Waals surface area contributed by atoms with Gasteiger partial charge in [-0.05, 0) is 6.92 Å². The first-order valence-corrected chi connectivity index (χ1v) is 5.30. The van der Waals surface area contributed by atoms with E-state index < -0.39 is 24.0 Å². The zero-order valence-electron chi connectivity index (χ0n) is 10.8. The molecule has 0 aromatic carbocycles. The van der Waals surface area contributed by atoms with Gasteiger partial charge in [-0.2, -0.15) is 0 Å². The predicted octanol–water partition coefficient (Wildman–Crippen LogP) is -0.261. The molecule has 106 valence electrons. The van der Waals surface area contributed by atoms with Crippen LogP contribution in [0.3, 0.4) is 0 Å². The highest BCUT2D eigenvalue weighted by Gasteiger charge is 2.11. The van der Waals surface area contributed by atoms with Crippen molar-refractivity contribution in [2.75, 3.05) is 20.3 Å². The average Bonchev–Trinajstić information content (AvgIpc) is 2.39. The zero-order valence-corrected chi connectivity index (χ0v) is 10.8. The van der Waals surface area contributed by atoms with E-state index in [1.807, 2.05) is 0 Å². The van der Waals surface area contributed by atoms with Crippen LogP contribution in [0.2, 0.25) is 0 Å². The Morgan fingerprint density at radius 3 is 2.21 bits per heavy atom. The summed E-state index contributed by atoms with van der Waals surface area (Å²) >= 11 is 0. The molecule has 0 aromatic heterocycles. The molecule has 0 saturated heterocycles. The van der Waals surface area contributed by atoms with Gasteiger partial charge in [-0.15, -0.1) is 0 Å². The second-order valence-electron chi connectivity index (χ2n) is 3.52. The summed E-state index contributed by atoms with van der Waals surface area (Å²) in [5.74, 6) is -2.17. The Balaban J connectivity index is 3.90. The average molecular weight is 272 g/mol. The normalized spacial score (nSPS) is 11.7. The smallest absolute Gasteiger partial charge is 0.333 e. The quantitative estimate of drug-likeness (QED) is 0.387. The van der Waals surface area contributed by atoms with Crippen molar-refractivity contribution in [1.29, 1.82) is 0 Å². The fraction of sp³-hybridized carbons (Fsp3) is 0.417. The van der Waals surface area contributed by atoms with E-state index in [4.69, 9.17) is 0 Å². The fourth-order valence-corrected chi connectivity index (χ4v) is 0.774. The molecule has 0 aliphatic carbocycles. The van der Waals surface area contributed by atoms with E-state index in [9.17, 15) is 19.5 Å². The van der Waals surface area contributed by atoms with Crippen molar-refractivity contribution >= 4 is 17.9 Å². The molecule has 0 heterocycles. The molecule has 1 unspecified atom stereocenters. The van der Waals surface area contributed by atoms with Crippen molar-refractivity contribution in [2.24, 2.45) is 0 Å². The lowest BCUT2D eigenvalue weighted by molar-refractivity contribution is -0.147. The van der Waals surface area contributed by atoms with Crippen LogP contribution >= 0.6 is 0 Å². The maximum atomic E-state index is 11.1. The molecule has 0 rings (SSSR count). The number of ether oxygens (including phenoxy) is 3. The van der Waals surface area contributed by atoms with Crippen LogP contribution in [0.4, 0.5) is 0 Å². The molecule has 0 fully saturated rings. The second-order valence-corrected chi connectivity index (χ2v) is 3.52. The van der Waals surface area contributed by atoms with Gasteiger partial charge in [0.25, 0.3) is 0 Å². The van der Waals surface area contributed by atoms with Gasteiger partial charge in [0.2, 0.25) is 0 Å². The molecule has 0 bridgehead atoms. The lowest BCUT2D eigenvalue weighted by Gasteiger charge is -2.10. The van der Waals surface area contributed by atoms with Gasteiger partial charge in [0.05, 0.1) is 7.11 Å². The third-order valence-electron chi connectivity index (χ3n) is 1.73. The maximum absolute atomic E-state index is 11.1. The number of carbonyl (C=O) groups excluding carboxylic acids is 3. The van der Waals surface area contributed by atoms with Crippen molar-refractivity contribution in [1.82, 2.24) is 0 Å². The highest BCUT2D eigenvalue weighted by atomic mass is 16.6. The number of hydrogen-bond acceptors (Lipinski definition) is 7. The summed E-state index contributed by atoms with van der Waals surface area (Å²) in [6.07, 6.45) is 0.590. The summed E-state index contributed by atoms with van der Waals surface area (Å²) in [7, 11) is 1.16. The van der Waals surface area contributed by atoms with Gasteiger partial charge in [-0.1, -0.05) is 6.58 Å². The summed E-state index contributed by atoms with van der Waals surface area (Å²) in [5.41, 5.74) is 0.199. The van der Waals surface area contributed by atoms with Crippen molar-refractivity contribution in [3.05, 3.63) is 24.3 Å². The van der Waals surface area contributed by atoms with Crippen LogP contribution in [0, 0.1) is 0 Å². The third-order valence-corrected chi connectivity index (χ3v) is 1.73. The Bertz CT molecular complexity index is 384. The molecule has 19 heavy (non-hydrogen) atoms. The minimum atomic E-state index is -1.15. The largest absolute Gasteiger partial charge is 0.466 e. The SMILES string of the molecule is C=C(C)C(=O)OCC(O)COC(=O)/C=C\C(=O)OC. The number of carbonyl (C=O) groups is 3. The van der Waals surface area contributed by atoms with Gasteiger partial charge in [-0.25, -0.2) is 14.4 Å². The molecule has 1 N–H and O–H groups in total. The summed E-state index contributed by atoms with van der Waals surface area (Å²) in [6, 6.07) is 0. The van der Waals surface area contributed by atoms with Gasteiger partial charge in [0.15, 0.2) is 0 Å². The number of methoxy groups -OCH3 is 1. The van der Waals surface area contributed by atoms with E-state index in [1.54, 1.807) is 0 Å². The first kappa shape index (κ1) is 16.9. The maximum Gasteiger partial charge on any atom is 0.333 e. The summed E-state index contributed by atoms with van der Waals surface area (Å²) in [5, 5.41) is 9.35. The van der Waals surface area contributed by atoms with Gasteiger partial charge < -0.3 is 19.3 Å². The Kier molecular flexibility index (Phi) is 7.87. The molecule has 0 radical (unpaired) electrons. The van der Waals surface area contributed by atoms with E-state index in [1.165, 1.54) is 6.92 Å². The highest BCUT2D eigenvalue weighted by molar-refractivity contribution is 5.91. The summed E-state index contributed by atoms with van der Waals surface area (Å²) in [6.45, 7) is 4.14. The Hall–Kier alpha value is -2.15. The lowest BCUT2D eigenvalue weighted by atomic mass is 10.3. The molecule has 7 nitrogen and oxygen atoms in total. The monoisotopic (exact) mass is 272 g/mol. The van der Waals surface area contributed by atoms with Crippen LogP contribution < -0.4 is 0 Å². The zero-order chi connectivity index (χ0) is 14.8. The van der Waals surface area contributed by atoms with Crippen LogP contribution in [0.1, 0.15) is 6.92 Å². The first-order valence-electron chi connectivity index (χ1n) is 5.30. The van der Waals surface area contributed by atoms with Gasteiger partial charge in [0.1, 0.15) is 19.3 Å². The standard InChI is InChI=1S/C12H16O7/c1-8(2)12(16)19-7-9(13)6-18-11(15)5-4-10(14)17-3/h4-5,9,13H,1,6-7H2,2-3H3/b5-4-. The van der Waals surface area contributed by atoms with E-state index >= 15 is 0 Å². The highest BCUT2D eigenvalue weighted by Crippen LogP contribution is 1.95. The summed E-state index contributed by atoms with van der Waals surface area (Å²) < 4.78 is 13.5. The molecule has 1 atom stereocenters. The fourth-order valence-electron chi connectivity index (χ4n) is 0.774. The van der Waals surface area contributed by atoms with Crippen LogP contribution in [0.5, 0.6) is 0 Å². The molecule has 0 aliphatic heterocycles. The molecule has 0 aliphatic rings. The Labute approximate surface area is 110 Å². The van der Waals surface area contributed by atoms with Crippen LogP contribution in [-0.2, 0) is 28.6 Å². The number of esters is 3. The van der Waals surface area contributed by atoms with Crippen LogP contribution in [0.15, 0.2) is 24.3 Å². The van der Waals surface area contributed by atoms with Crippen molar-refractivity contribution in [3.8, 4) is 0 Å². The molecule has 0 spiro atoms. The predicted molar refractivity (Wildman–Crippen MR) is 63.9 cm³/mol. The van der Waals surface area contributed by atoms with Gasteiger partial charge in [-0.3, -0.25) is 0 Å².